The molecule has 2 heterocycles. The molecule has 2 amide bonds. The number of halogens is 5. The molecule has 12 heteroatoms. The molecule has 3 saturated carbocycles. The molecule has 0 unspecified atom stereocenters. The number of nitrogens with one attached hydrogen (secondary N) is 2. The molecule has 2 N–H and O–H groups in total. The lowest BCUT2D eigenvalue weighted by atomic mass is 9.81. The van der Waals surface area contributed by atoms with Gasteiger partial charge < -0.3 is 10.6 Å². The van der Waals surface area contributed by atoms with Crippen LogP contribution in [0, 0.1) is 11.8 Å². The van der Waals surface area contributed by atoms with E-state index in [0.717, 1.165) is 31.2 Å². The summed E-state index contributed by atoms with van der Waals surface area (Å²) >= 11 is 0. The number of nitrogens with zero attached hydrogens (tertiary/aromatic N) is 3. The van der Waals surface area contributed by atoms with Crippen LogP contribution in [0.3, 0.4) is 0 Å². The molecular weight excluding hydrogens is 569 g/mol. The lowest BCUT2D eigenvalue weighted by molar-refractivity contribution is -0.144. The van der Waals surface area contributed by atoms with Gasteiger partial charge in [-0.1, -0.05) is 12.1 Å². The van der Waals surface area contributed by atoms with Crippen molar-refractivity contribution in [1.29, 1.82) is 0 Å². The summed E-state index contributed by atoms with van der Waals surface area (Å²) in [4.78, 5) is 30.5. The SMILES string of the molecule is O=C(CCC(F)(F)F)N[C@@H](c1cnn2cc([C@@H](NC(=O)c3cccc(C4CC4)c3)C3CCC(F)(F)CC3)nc2c1)C1CC1. The second-order valence-electron chi connectivity index (χ2n) is 12.3. The van der Waals surface area contributed by atoms with E-state index in [1.165, 1.54) is 4.52 Å². The predicted molar refractivity (Wildman–Crippen MR) is 147 cm³/mol. The Morgan fingerprint density at radius 2 is 1.70 bits per heavy atom. The number of fused-ring (bicyclic) bond motifs is 1. The minimum Gasteiger partial charge on any atom is -0.349 e. The van der Waals surface area contributed by atoms with Gasteiger partial charge in [-0.05, 0) is 85.6 Å². The fourth-order valence-corrected chi connectivity index (χ4v) is 6.04. The third-order valence-corrected chi connectivity index (χ3v) is 8.80. The highest BCUT2D eigenvalue weighted by Gasteiger charge is 2.40. The van der Waals surface area contributed by atoms with Crippen LogP contribution >= 0.6 is 0 Å². The average molecular weight is 604 g/mol. The summed E-state index contributed by atoms with van der Waals surface area (Å²) in [6.07, 6.45) is 0.730. The molecular formula is C31H34F5N5O2. The van der Waals surface area contributed by atoms with Crippen LogP contribution in [0.1, 0.15) is 109 Å². The number of carbonyl (C=O) groups is 2. The first-order chi connectivity index (χ1) is 20.4. The monoisotopic (exact) mass is 603 g/mol. The van der Waals surface area contributed by atoms with Crippen molar-refractivity contribution >= 4 is 17.5 Å². The largest absolute Gasteiger partial charge is 0.389 e. The number of hydrogen-bond acceptors (Lipinski definition) is 4. The summed E-state index contributed by atoms with van der Waals surface area (Å²) < 4.78 is 67.5. The van der Waals surface area contributed by atoms with Gasteiger partial charge in [0, 0.05) is 24.8 Å². The van der Waals surface area contributed by atoms with Crippen molar-refractivity contribution in [3.63, 3.8) is 0 Å². The Morgan fingerprint density at radius 1 is 0.977 bits per heavy atom. The number of imidazole rings is 1. The summed E-state index contributed by atoms with van der Waals surface area (Å²) in [5.74, 6) is -3.41. The van der Waals surface area contributed by atoms with Crippen molar-refractivity contribution in [2.24, 2.45) is 11.8 Å². The minimum absolute atomic E-state index is 0.0934. The van der Waals surface area contributed by atoms with Gasteiger partial charge in [-0.25, -0.2) is 18.3 Å². The maximum absolute atomic E-state index is 14.0. The zero-order chi connectivity index (χ0) is 30.4. The summed E-state index contributed by atoms with van der Waals surface area (Å²) in [7, 11) is 0. The van der Waals surface area contributed by atoms with E-state index in [2.05, 4.69) is 15.7 Å². The fraction of sp³-hybridized carbons (Fsp3) is 0.548. The van der Waals surface area contributed by atoms with Crippen LogP contribution in [0.2, 0.25) is 0 Å². The third kappa shape index (κ3) is 7.33. The number of benzene rings is 1. The molecule has 3 aliphatic rings. The van der Waals surface area contributed by atoms with Crippen molar-refractivity contribution in [3.8, 4) is 0 Å². The molecule has 2 aromatic heterocycles. The molecule has 3 fully saturated rings. The molecule has 0 aliphatic heterocycles. The molecule has 3 aromatic rings. The quantitative estimate of drug-likeness (QED) is 0.249. The second kappa shape index (κ2) is 11.5. The van der Waals surface area contributed by atoms with Crippen LogP contribution in [-0.4, -0.2) is 38.5 Å². The second-order valence-corrected chi connectivity index (χ2v) is 12.3. The van der Waals surface area contributed by atoms with E-state index in [-0.39, 0.29) is 43.4 Å². The van der Waals surface area contributed by atoms with Crippen LogP contribution in [0.15, 0.2) is 42.7 Å². The molecule has 43 heavy (non-hydrogen) atoms. The average Bonchev–Trinajstić information content (AvgIpc) is 3.90. The van der Waals surface area contributed by atoms with Crippen molar-refractivity contribution in [3.05, 3.63) is 65.1 Å². The molecule has 6 rings (SSSR count). The van der Waals surface area contributed by atoms with Gasteiger partial charge in [0.15, 0.2) is 5.65 Å². The van der Waals surface area contributed by atoms with Gasteiger partial charge in [-0.15, -0.1) is 0 Å². The first-order valence-electron chi connectivity index (χ1n) is 14.9. The first kappa shape index (κ1) is 29.5. The Bertz CT molecular complexity index is 1490. The molecule has 7 nitrogen and oxygen atoms in total. The summed E-state index contributed by atoms with van der Waals surface area (Å²) in [5.41, 5.74) is 3.17. The van der Waals surface area contributed by atoms with Crippen molar-refractivity contribution in [2.75, 3.05) is 0 Å². The smallest absolute Gasteiger partial charge is 0.349 e. The van der Waals surface area contributed by atoms with E-state index in [0.29, 0.717) is 28.4 Å². The Morgan fingerprint density at radius 3 is 2.37 bits per heavy atom. The number of amides is 2. The molecule has 3 aliphatic carbocycles. The molecule has 2 atom stereocenters. The maximum Gasteiger partial charge on any atom is 0.389 e. The van der Waals surface area contributed by atoms with Crippen molar-refractivity contribution in [2.45, 2.75) is 94.3 Å². The van der Waals surface area contributed by atoms with E-state index in [9.17, 15) is 31.5 Å². The minimum atomic E-state index is -4.42. The van der Waals surface area contributed by atoms with E-state index < -0.39 is 42.9 Å². The molecule has 1 aromatic carbocycles. The van der Waals surface area contributed by atoms with Gasteiger partial charge in [-0.2, -0.15) is 18.3 Å². The normalized spacial score (nSPS) is 20.5. The Balaban J connectivity index is 1.24. The summed E-state index contributed by atoms with van der Waals surface area (Å²) in [5, 5.41) is 10.3. The topological polar surface area (TPSA) is 88.4 Å². The van der Waals surface area contributed by atoms with Crippen LogP contribution in [0.5, 0.6) is 0 Å². The van der Waals surface area contributed by atoms with Gasteiger partial charge in [0.05, 0.1) is 36.6 Å². The zero-order valence-electron chi connectivity index (χ0n) is 23.5. The van der Waals surface area contributed by atoms with E-state index in [1.54, 1.807) is 24.5 Å². The van der Waals surface area contributed by atoms with Crippen LogP contribution in [-0.2, 0) is 4.79 Å². The maximum atomic E-state index is 14.0. The molecule has 230 valence electrons. The van der Waals surface area contributed by atoms with Gasteiger partial charge in [0.2, 0.25) is 11.8 Å². The Labute approximate surface area is 245 Å². The van der Waals surface area contributed by atoms with Crippen LogP contribution in [0.4, 0.5) is 22.0 Å². The highest BCUT2D eigenvalue weighted by Crippen LogP contribution is 2.43. The lowest BCUT2D eigenvalue weighted by Gasteiger charge is -2.33. The fourth-order valence-electron chi connectivity index (χ4n) is 6.04. The van der Waals surface area contributed by atoms with E-state index in [4.69, 9.17) is 4.98 Å². The van der Waals surface area contributed by atoms with Gasteiger partial charge in [0.25, 0.3) is 5.91 Å². The number of rotatable bonds is 10. The highest BCUT2D eigenvalue weighted by atomic mass is 19.4. The van der Waals surface area contributed by atoms with Gasteiger partial charge >= 0.3 is 6.18 Å². The zero-order valence-corrected chi connectivity index (χ0v) is 23.5. The predicted octanol–water partition coefficient (Wildman–Crippen LogP) is 6.81. The molecule has 0 spiro atoms. The summed E-state index contributed by atoms with van der Waals surface area (Å²) in [6.45, 7) is 0. The van der Waals surface area contributed by atoms with Gasteiger partial charge in [0.1, 0.15) is 0 Å². The highest BCUT2D eigenvalue weighted by molar-refractivity contribution is 5.94. The Hall–Kier alpha value is -3.57. The number of aromatic nitrogens is 3. The molecule has 0 bridgehead atoms. The van der Waals surface area contributed by atoms with Crippen LogP contribution in [0.25, 0.3) is 5.65 Å². The number of hydrogen-bond donors (Lipinski definition) is 2. The molecule has 0 radical (unpaired) electrons. The third-order valence-electron chi connectivity index (χ3n) is 8.80. The van der Waals surface area contributed by atoms with Crippen LogP contribution < -0.4 is 10.6 Å². The van der Waals surface area contributed by atoms with E-state index >= 15 is 0 Å². The number of carbonyl (C=O) groups excluding carboxylic acids is 2. The van der Waals surface area contributed by atoms with Crippen molar-refractivity contribution < 1.29 is 31.5 Å². The van der Waals surface area contributed by atoms with Crippen molar-refractivity contribution in [1.82, 2.24) is 25.2 Å². The molecule has 0 saturated heterocycles. The van der Waals surface area contributed by atoms with E-state index in [1.807, 2.05) is 18.2 Å². The van der Waals surface area contributed by atoms with Gasteiger partial charge in [-0.3, -0.25) is 9.59 Å². The summed E-state index contributed by atoms with van der Waals surface area (Å²) in [6, 6.07) is 8.11. The standard InChI is InChI=1S/C31H34F5N5O2/c32-30(33)11-8-20(9-12-30)28(40-29(43)22-3-1-2-21(14-22)18-4-5-18)24-17-41-25(38-24)15-23(16-37-41)27(19-6-7-19)39-26(42)10-13-31(34,35)36/h1-3,14-20,27-28H,4-13H2,(H,39,42)(H,40,43)/t27-,28+/m1/s1. The Kier molecular flexibility index (Phi) is 7.89. The first-order valence-corrected chi connectivity index (χ1v) is 14.9. The number of alkyl halides is 5. The lowest BCUT2D eigenvalue weighted by Crippen LogP contribution is -2.37.